The first-order chi connectivity index (χ1) is 13.3. The van der Waals surface area contributed by atoms with Crippen LogP contribution in [-0.4, -0.2) is 12.4 Å². The van der Waals surface area contributed by atoms with E-state index in [4.69, 9.17) is 11.6 Å². The van der Waals surface area contributed by atoms with Gasteiger partial charge < -0.3 is 0 Å². The topological polar surface area (TPSA) is 39.1 Å². The summed E-state index contributed by atoms with van der Waals surface area (Å²) >= 11 is 6.02. The second-order valence-corrected chi connectivity index (χ2v) is 9.55. The first kappa shape index (κ1) is 19.2. The Morgan fingerprint density at radius 1 is 1.21 bits per heavy atom. The Bertz CT molecular complexity index is 1170. The molecule has 0 saturated carbocycles. The lowest BCUT2D eigenvalue weighted by atomic mass is 10.0. The summed E-state index contributed by atoms with van der Waals surface area (Å²) in [6.07, 6.45) is 4.31. The predicted octanol–water partition coefficient (Wildman–Crippen LogP) is 5.93. The standard InChI is InChI=1S/C22H21ClFNO2S/c1-3-15-8-10-18-20(15)13-25(22(18)19-9-7-14(2)11-21(19)24)28(26,27)17-6-4-5-16(23)12-17/h4-7,9,11-13,15H,3,8,10H2,1-2H3. The van der Waals surface area contributed by atoms with Crippen molar-refractivity contribution < 1.29 is 12.8 Å². The molecule has 1 unspecified atom stereocenters. The molecule has 2 aromatic carbocycles. The van der Waals surface area contributed by atoms with Crippen LogP contribution in [0.25, 0.3) is 11.3 Å². The van der Waals surface area contributed by atoms with Gasteiger partial charge in [-0.05, 0) is 79.1 Å². The minimum Gasteiger partial charge on any atom is -0.240 e. The van der Waals surface area contributed by atoms with Crippen molar-refractivity contribution >= 4 is 21.6 Å². The van der Waals surface area contributed by atoms with Crippen LogP contribution < -0.4 is 0 Å². The molecule has 0 N–H and O–H groups in total. The molecule has 1 aliphatic rings. The Balaban J connectivity index is 2.00. The number of hydrogen-bond donors (Lipinski definition) is 0. The lowest BCUT2D eigenvalue weighted by Crippen LogP contribution is -2.14. The number of rotatable bonds is 4. The van der Waals surface area contributed by atoms with Crippen LogP contribution in [0.3, 0.4) is 0 Å². The summed E-state index contributed by atoms with van der Waals surface area (Å²) in [5.74, 6) is -0.124. The van der Waals surface area contributed by atoms with Crippen molar-refractivity contribution in [3.05, 3.63) is 76.2 Å². The van der Waals surface area contributed by atoms with Gasteiger partial charge in [-0.2, -0.15) is 0 Å². The fraction of sp³-hybridized carbons (Fsp3) is 0.273. The number of benzene rings is 2. The van der Waals surface area contributed by atoms with Gasteiger partial charge in [0.2, 0.25) is 0 Å². The zero-order valence-corrected chi connectivity index (χ0v) is 17.3. The van der Waals surface area contributed by atoms with Crippen molar-refractivity contribution in [2.75, 3.05) is 0 Å². The molecule has 3 aromatic rings. The predicted molar refractivity (Wildman–Crippen MR) is 110 cm³/mol. The van der Waals surface area contributed by atoms with E-state index in [1.165, 1.54) is 22.2 Å². The molecule has 0 amide bonds. The molecule has 4 rings (SSSR count). The number of fused-ring (bicyclic) bond motifs is 1. The lowest BCUT2D eigenvalue weighted by molar-refractivity contribution is 0.586. The quantitative estimate of drug-likeness (QED) is 0.527. The third-order valence-electron chi connectivity index (χ3n) is 5.52. The summed E-state index contributed by atoms with van der Waals surface area (Å²) in [7, 11) is -3.91. The second kappa shape index (κ2) is 7.05. The molecule has 1 atom stereocenters. The van der Waals surface area contributed by atoms with E-state index in [1.54, 1.807) is 30.5 Å². The average molecular weight is 418 g/mol. The molecule has 0 saturated heterocycles. The SMILES string of the molecule is CCC1CCc2c1cn(S(=O)(=O)c1cccc(Cl)c1)c2-c1ccc(C)cc1F. The van der Waals surface area contributed by atoms with Crippen LogP contribution in [0.1, 0.15) is 42.4 Å². The molecule has 1 aliphatic carbocycles. The van der Waals surface area contributed by atoms with Crippen LogP contribution in [0, 0.1) is 12.7 Å². The molecule has 28 heavy (non-hydrogen) atoms. The van der Waals surface area contributed by atoms with Gasteiger partial charge in [0, 0.05) is 16.8 Å². The van der Waals surface area contributed by atoms with Gasteiger partial charge in [-0.25, -0.2) is 16.8 Å². The van der Waals surface area contributed by atoms with Gasteiger partial charge in [0.1, 0.15) is 5.82 Å². The Morgan fingerprint density at radius 2 is 2.00 bits per heavy atom. The van der Waals surface area contributed by atoms with Crippen molar-refractivity contribution in [1.29, 1.82) is 0 Å². The van der Waals surface area contributed by atoms with Crippen LogP contribution in [0.4, 0.5) is 4.39 Å². The van der Waals surface area contributed by atoms with E-state index < -0.39 is 15.8 Å². The first-order valence-corrected chi connectivity index (χ1v) is 11.2. The molecule has 0 radical (unpaired) electrons. The van der Waals surface area contributed by atoms with Crippen molar-refractivity contribution in [2.24, 2.45) is 0 Å². The maximum atomic E-state index is 14.9. The summed E-state index contributed by atoms with van der Waals surface area (Å²) in [6, 6.07) is 11.1. The molecule has 0 fully saturated rings. The second-order valence-electron chi connectivity index (χ2n) is 7.30. The number of halogens is 2. The Morgan fingerprint density at radius 3 is 2.68 bits per heavy atom. The molecule has 1 heterocycles. The van der Waals surface area contributed by atoms with Gasteiger partial charge in [0.05, 0.1) is 10.6 Å². The van der Waals surface area contributed by atoms with Crippen LogP contribution in [0.2, 0.25) is 5.02 Å². The van der Waals surface area contributed by atoms with E-state index in [0.29, 0.717) is 16.3 Å². The van der Waals surface area contributed by atoms with E-state index in [2.05, 4.69) is 6.92 Å². The zero-order chi connectivity index (χ0) is 20.1. The molecule has 0 aliphatic heterocycles. The maximum absolute atomic E-state index is 14.9. The van der Waals surface area contributed by atoms with E-state index >= 15 is 0 Å². The van der Waals surface area contributed by atoms with Gasteiger partial charge >= 0.3 is 0 Å². The molecule has 1 aromatic heterocycles. The molecule has 0 spiro atoms. The fourth-order valence-electron chi connectivity index (χ4n) is 4.08. The highest BCUT2D eigenvalue weighted by Crippen LogP contribution is 2.44. The van der Waals surface area contributed by atoms with E-state index in [1.807, 2.05) is 6.92 Å². The van der Waals surface area contributed by atoms with Crippen molar-refractivity contribution in [1.82, 2.24) is 3.97 Å². The molecule has 6 heteroatoms. The largest absolute Gasteiger partial charge is 0.268 e. The van der Waals surface area contributed by atoms with Crippen LogP contribution in [0.15, 0.2) is 53.6 Å². The number of hydrogen-bond acceptors (Lipinski definition) is 2. The van der Waals surface area contributed by atoms with Crippen molar-refractivity contribution in [3.63, 3.8) is 0 Å². The zero-order valence-electron chi connectivity index (χ0n) is 15.7. The summed E-state index contributed by atoms with van der Waals surface area (Å²) in [5.41, 5.74) is 3.47. The van der Waals surface area contributed by atoms with Crippen LogP contribution in [0.5, 0.6) is 0 Å². The Kier molecular flexibility index (Phi) is 4.84. The molecule has 0 bridgehead atoms. The third-order valence-corrected chi connectivity index (χ3v) is 7.41. The monoisotopic (exact) mass is 417 g/mol. The molecular formula is C22H21ClFNO2S. The average Bonchev–Trinajstić information content (AvgIpc) is 3.21. The molecule has 146 valence electrons. The summed E-state index contributed by atoms with van der Waals surface area (Å²) < 4.78 is 43.0. The summed E-state index contributed by atoms with van der Waals surface area (Å²) in [5, 5.41) is 0.343. The fourth-order valence-corrected chi connectivity index (χ4v) is 5.78. The Labute approximate surface area is 169 Å². The summed E-state index contributed by atoms with van der Waals surface area (Å²) in [4.78, 5) is 0.0930. The number of nitrogens with zero attached hydrogens (tertiary/aromatic N) is 1. The highest BCUT2D eigenvalue weighted by Gasteiger charge is 2.33. The van der Waals surface area contributed by atoms with Crippen molar-refractivity contribution in [3.8, 4) is 11.3 Å². The minimum atomic E-state index is -3.91. The van der Waals surface area contributed by atoms with Crippen LogP contribution >= 0.6 is 11.6 Å². The minimum absolute atomic E-state index is 0.0930. The normalized spacial score (nSPS) is 16.4. The van der Waals surface area contributed by atoms with Gasteiger partial charge in [0.25, 0.3) is 10.0 Å². The molecule has 3 nitrogen and oxygen atoms in total. The first-order valence-electron chi connectivity index (χ1n) is 9.34. The lowest BCUT2D eigenvalue weighted by Gasteiger charge is -2.14. The third kappa shape index (κ3) is 3.07. The number of aryl methyl sites for hydroxylation is 1. The smallest absolute Gasteiger partial charge is 0.240 e. The highest BCUT2D eigenvalue weighted by atomic mass is 35.5. The van der Waals surface area contributed by atoms with Crippen LogP contribution in [-0.2, 0) is 16.4 Å². The van der Waals surface area contributed by atoms with E-state index in [0.717, 1.165) is 36.0 Å². The van der Waals surface area contributed by atoms with Crippen molar-refractivity contribution in [2.45, 2.75) is 43.9 Å². The van der Waals surface area contributed by atoms with E-state index in [-0.39, 0.29) is 10.8 Å². The van der Waals surface area contributed by atoms with Gasteiger partial charge in [-0.15, -0.1) is 0 Å². The van der Waals surface area contributed by atoms with Gasteiger partial charge in [0.15, 0.2) is 0 Å². The summed E-state index contributed by atoms with van der Waals surface area (Å²) in [6.45, 7) is 3.90. The maximum Gasteiger partial charge on any atom is 0.268 e. The molecular weight excluding hydrogens is 397 g/mol. The highest BCUT2D eigenvalue weighted by molar-refractivity contribution is 7.90. The van der Waals surface area contributed by atoms with Gasteiger partial charge in [-0.1, -0.05) is 30.7 Å². The van der Waals surface area contributed by atoms with E-state index in [9.17, 15) is 12.8 Å². The Hall–Kier alpha value is -2.11. The van der Waals surface area contributed by atoms with Gasteiger partial charge in [-0.3, -0.25) is 0 Å². The number of aromatic nitrogens is 1.